The summed E-state index contributed by atoms with van der Waals surface area (Å²) < 4.78 is 0. The maximum atomic E-state index is 12.6. The molecule has 0 bridgehead atoms. The summed E-state index contributed by atoms with van der Waals surface area (Å²) >= 11 is 0. The number of likely N-dealkylation sites (tertiary alicyclic amines) is 1. The minimum absolute atomic E-state index is 0.00472. The number of aliphatic carboxylic acids is 1. The van der Waals surface area contributed by atoms with E-state index in [1.165, 1.54) is 0 Å². The van der Waals surface area contributed by atoms with E-state index >= 15 is 0 Å². The number of carbonyl (C=O) groups is 2. The Labute approximate surface area is 135 Å². The predicted octanol–water partition coefficient (Wildman–Crippen LogP) is 2.59. The lowest BCUT2D eigenvalue weighted by Gasteiger charge is -2.35. The third-order valence-electron chi connectivity index (χ3n) is 4.91. The van der Waals surface area contributed by atoms with E-state index in [1.807, 2.05) is 38.2 Å². The van der Waals surface area contributed by atoms with Gasteiger partial charge in [0.25, 0.3) is 0 Å². The van der Waals surface area contributed by atoms with Crippen molar-refractivity contribution in [3.05, 3.63) is 35.5 Å². The molecule has 1 aliphatic heterocycles. The zero-order valence-electron chi connectivity index (χ0n) is 13.5. The fourth-order valence-electron chi connectivity index (χ4n) is 3.60. The molecule has 2 atom stereocenters. The molecule has 5 heteroatoms. The molecular weight excluding hydrogens is 292 g/mol. The van der Waals surface area contributed by atoms with E-state index in [0.717, 1.165) is 22.0 Å². The molecule has 0 aliphatic carbocycles. The molecule has 3 rings (SSSR count). The van der Waals surface area contributed by atoms with E-state index < -0.39 is 5.97 Å². The molecule has 1 aromatic carbocycles. The fourth-order valence-corrected chi connectivity index (χ4v) is 3.60. The van der Waals surface area contributed by atoms with Gasteiger partial charge in [0.1, 0.15) is 0 Å². The number of hydrogen-bond donors (Lipinski definition) is 2. The average molecular weight is 314 g/mol. The molecule has 2 unspecified atom stereocenters. The van der Waals surface area contributed by atoms with Crippen LogP contribution in [0.1, 0.15) is 24.5 Å². The van der Waals surface area contributed by atoms with Crippen molar-refractivity contribution >= 4 is 22.8 Å². The highest BCUT2D eigenvalue weighted by Crippen LogP contribution is 2.26. The number of amides is 1. The van der Waals surface area contributed by atoms with Crippen LogP contribution in [0.2, 0.25) is 0 Å². The first-order chi connectivity index (χ1) is 11.0. The Kier molecular flexibility index (Phi) is 4.11. The van der Waals surface area contributed by atoms with Gasteiger partial charge in [-0.25, -0.2) is 0 Å². The Hall–Kier alpha value is -2.30. The molecule has 1 fully saturated rings. The monoisotopic (exact) mass is 314 g/mol. The fraction of sp³-hybridized carbons (Fsp3) is 0.444. The number of nitrogens with zero attached hydrogens (tertiary/aromatic N) is 1. The van der Waals surface area contributed by atoms with Crippen LogP contribution in [-0.2, 0) is 16.0 Å². The minimum atomic E-state index is -0.753. The number of H-pyrrole nitrogens is 1. The Morgan fingerprint density at radius 2 is 2.17 bits per heavy atom. The number of aryl methyl sites for hydroxylation is 1. The molecule has 5 nitrogen and oxygen atoms in total. The van der Waals surface area contributed by atoms with Gasteiger partial charge in [0, 0.05) is 30.2 Å². The van der Waals surface area contributed by atoms with Gasteiger partial charge in [0.05, 0.1) is 12.3 Å². The van der Waals surface area contributed by atoms with E-state index in [-0.39, 0.29) is 17.7 Å². The van der Waals surface area contributed by atoms with Crippen LogP contribution in [0.4, 0.5) is 0 Å². The quantitative estimate of drug-likeness (QED) is 0.914. The maximum Gasteiger partial charge on any atom is 0.306 e. The number of carbonyl (C=O) groups excluding carboxylic acids is 1. The third-order valence-corrected chi connectivity index (χ3v) is 4.91. The molecule has 1 aliphatic rings. The van der Waals surface area contributed by atoms with Crippen molar-refractivity contribution in [2.24, 2.45) is 11.8 Å². The van der Waals surface area contributed by atoms with Crippen LogP contribution in [0, 0.1) is 18.8 Å². The summed E-state index contributed by atoms with van der Waals surface area (Å²) in [6.45, 7) is 5.01. The van der Waals surface area contributed by atoms with Gasteiger partial charge in [0.15, 0.2) is 0 Å². The Morgan fingerprint density at radius 3 is 2.87 bits per heavy atom. The second-order valence-electron chi connectivity index (χ2n) is 6.54. The smallest absolute Gasteiger partial charge is 0.306 e. The van der Waals surface area contributed by atoms with E-state index in [4.69, 9.17) is 0 Å². The molecule has 1 amide bonds. The maximum absolute atomic E-state index is 12.6. The topological polar surface area (TPSA) is 73.4 Å². The number of rotatable bonds is 3. The van der Waals surface area contributed by atoms with Crippen LogP contribution in [0.5, 0.6) is 0 Å². The molecule has 0 saturated carbocycles. The number of nitrogens with one attached hydrogen (secondary N) is 1. The molecule has 0 spiro atoms. The number of fused-ring (bicyclic) bond motifs is 1. The van der Waals surface area contributed by atoms with Crippen LogP contribution in [-0.4, -0.2) is 40.0 Å². The number of benzene rings is 1. The molecule has 2 aromatic rings. The SMILES string of the molecule is Cc1cccc2[nH]cc(CC(=O)N3CCC(C(=O)O)C(C)C3)c12. The summed E-state index contributed by atoms with van der Waals surface area (Å²) in [5.41, 5.74) is 3.21. The first-order valence-electron chi connectivity index (χ1n) is 8.03. The number of carboxylic acid groups (broad SMARTS) is 1. The summed E-state index contributed by atoms with van der Waals surface area (Å²) in [5.74, 6) is -1.02. The second-order valence-corrected chi connectivity index (χ2v) is 6.54. The summed E-state index contributed by atoms with van der Waals surface area (Å²) in [7, 11) is 0. The first kappa shape index (κ1) is 15.6. The molecular formula is C18H22N2O3. The standard InChI is InChI=1S/C18H22N2O3/c1-11-4-3-5-15-17(11)13(9-19-15)8-16(21)20-7-6-14(18(22)23)12(2)10-20/h3-5,9,12,14,19H,6-8,10H2,1-2H3,(H,22,23). The normalized spacial score (nSPS) is 21.6. The largest absolute Gasteiger partial charge is 0.481 e. The van der Waals surface area contributed by atoms with E-state index in [9.17, 15) is 14.7 Å². The number of hydrogen-bond acceptors (Lipinski definition) is 2. The van der Waals surface area contributed by atoms with Gasteiger partial charge in [-0.05, 0) is 36.5 Å². The van der Waals surface area contributed by atoms with Gasteiger partial charge in [-0.3, -0.25) is 9.59 Å². The van der Waals surface area contributed by atoms with Crippen molar-refractivity contribution < 1.29 is 14.7 Å². The number of piperidine rings is 1. The lowest BCUT2D eigenvalue weighted by atomic mass is 9.87. The van der Waals surface area contributed by atoms with Crippen molar-refractivity contribution in [3.8, 4) is 0 Å². The van der Waals surface area contributed by atoms with Gasteiger partial charge < -0.3 is 15.0 Å². The molecule has 1 aromatic heterocycles. The molecule has 2 N–H and O–H groups in total. The zero-order valence-corrected chi connectivity index (χ0v) is 13.5. The Morgan fingerprint density at radius 1 is 1.39 bits per heavy atom. The summed E-state index contributed by atoms with van der Waals surface area (Å²) in [4.78, 5) is 28.8. The van der Waals surface area contributed by atoms with E-state index in [1.54, 1.807) is 4.90 Å². The highest BCUT2D eigenvalue weighted by Gasteiger charge is 2.33. The lowest BCUT2D eigenvalue weighted by molar-refractivity contribution is -0.148. The van der Waals surface area contributed by atoms with E-state index in [0.29, 0.717) is 25.9 Å². The van der Waals surface area contributed by atoms with Crippen LogP contribution in [0.15, 0.2) is 24.4 Å². The molecule has 23 heavy (non-hydrogen) atoms. The second kappa shape index (κ2) is 6.07. The van der Waals surface area contributed by atoms with Crippen LogP contribution in [0.3, 0.4) is 0 Å². The van der Waals surface area contributed by atoms with Crippen molar-refractivity contribution in [3.63, 3.8) is 0 Å². The molecule has 0 radical (unpaired) electrons. The first-order valence-corrected chi connectivity index (χ1v) is 8.03. The zero-order chi connectivity index (χ0) is 16.6. The van der Waals surface area contributed by atoms with Gasteiger partial charge in [0.2, 0.25) is 5.91 Å². The lowest BCUT2D eigenvalue weighted by Crippen LogP contribution is -2.45. The van der Waals surface area contributed by atoms with Gasteiger partial charge in [-0.1, -0.05) is 19.1 Å². The molecule has 1 saturated heterocycles. The number of carboxylic acids is 1. The summed E-state index contributed by atoms with van der Waals surface area (Å²) in [5, 5.41) is 10.3. The van der Waals surface area contributed by atoms with Crippen LogP contribution in [0.25, 0.3) is 10.9 Å². The predicted molar refractivity (Wildman–Crippen MR) is 88.2 cm³/mol. The van der Waals surface area contributed by atoms with Crippen molar-refractivity contribution in [1.82, 2.24) is 9.88 Å². The summed E-state index contributed by atoms with van der Waals surface area (Å²) in [6.07, 6.45) is 2.80. The minimum Gasteiger partial charge on any atom is -0.481 e. The summed E-state index contributed by atoms with van der Waals surface area (Å²) in [6, 6.07) is 6.05. The Bertz CT molecular complexity index is 750. The van der Waals surface area contributed by atoms with E-state index in [2.05, 4.69) is 4.98 Å². The highest BCUT2D eigenvalue weighted by molar-refractivity contribution is 5.91. The van der Waals surface area contributed by atoms with Gasteiger partial charge in [-0.15, -0.1) is 0 Å². The van der Waals surface area contributed by atoms with Crippen molar-refractivity contribution in [2.75, 3.05) is 13.1 Å². The average Bonchev–Trinajstić information content (AvgIpc) is 2.91. The van der Waals surface area contributed by atoms with Crippen LogP contribution >= 0.6 is 0 Å². The van der Waals surface area contributed by atoms with Crippen LogP contribution < -0.4 is 0 Å². The van der Waals surface area contributed by atoms with Crippen molar-refractivity contribution in [2.45, 2.75) is 26.7 Å². The number of aromatic amines is 1. The highest BCUT2D eigenvalue weighted by atomic mass is 16.4. The third kappa shape index (κ3) is 2.96. The van der Waals surface area contributed by atoms with Crippen molar-refractivity contribution in [1.29, 1.82) is 0 Å². The number of aromatic nitrogens is 1. The van der Waals surface area contributed by atoms with Gasteiger partial charge >= 0.3 is 5.97 Å². The Balaban J connectivity index is 1.73. The molecule has 122 valence electrons. The molecule has 2 heterocycles. The van der Waals surface area contributed by atoms with Gasteiger partial charge in [-0.2, -0.15) is 0 Å².